The van der Waals surface area contributed by atoms with Crippen LogP contribution in [0.1, 0.15) is 10.6 Å². The van der Waals surface area contributed by atoms with Gasteiger partial charge in [-0.2, -0.15) is 0 Å². The molecule has 0 saturated heterocycles. The molecular formula is C18H16BrNO2S. The second kappa shape index (κ2) is 7.15. The van der Waals surface area contributed by atoms with E-state index in [2.05, 4.69) is 38.4 Å². The summed E-state index contributed by atoms with van der Waals surface area (Å²) in [6.07, 6.45) is 0. The van der Waals surface area contributed by atoms with Gasteiger partial charge in [0.25, 0.3) is 0 Å². The molecule has 3 rings (SSSR count). The lowest BCUT2D eigenvalue weighted by Gasteiger charge is -2.08. The molecule has 0 aliphatic heterocycles. The quantitative estimate of drug-likeness (QED) is 0.579. The van der Waals surface area contributed by atoms with Gasteiger partial charge in [0.05, 0.1) is 12.8 Å². The van der Waals surface area contributed by atoms with Gasteiger partial charge >= 0.3 is 0 Å². The standard InChI is InChI=1S/C18H16BrNO2S/c1-12-8-15(6-7-17(12)21-2)22-10-18-20-16(11-23-18)13-4-3-5-14(19)9-13/h3-9,11H,10H2,1-2H3. The molecule has 0 N–H and O–H groups in total. The molecule has 5 heteroatoms. The van der Waals surface area contributed by atoms with Crippen LogP contribution in [-0.4, -0.2) is 12.1 Å². The van der Waals surface area contributed by atoms with Crippen LogP contribution in [0.15, 0.2) is 52.3 Å². The second-order valence-electron chi connectivity index (χ2n) is 5.06. The molecule has 0 fully saturated rings. The minimum atomic E-state index is 0.463. The Morgan fingerprint density at radius 2 is 2.04 bits per heavy atom. The fourth-order valence-electron chi connectivity index (χ4n) is 2.24. The first-order valence-electron chi connectivity index (χ1n) is 7.13. The van der Waals surface area contributed by atoms with E-state index in [1.807, 2.05) is 37.3 Å². The van der Waals surface area contributed by atoms with Gasteiger partial charge in [-0.15, -0.1) is 11.3 Å². The van der Waals surface area contributed by atoms with E-state index in [1.165, 1.54) is 0 Å². The van der Waals surface area contributed by atoms with E-state index >= 15 is 0 Å². The van der Waals surface area contributed by atoms with Gasteiger partial charge in [0.15, 0.2) is 0 Å². The average molecular weight is 390 g/mol. The van der Waals surface area contributed by atoms with Gasteiger partial charge in [-0.25, -0.2) is 4.98 Å². The Balaban J connectivity index is 1.69. The maximum atomic E-state index is 5.83. The van der Waals surface area contributed by atoms with Crippen molar-refractivity contribution in [3.63, 3.8) is 0 Å². The molecule has 0 spiro atoms. The van der Waals surface area contributed by atoms with E-state index < -0.39 is 0 Å². The highest BCUT2D eigenvalue weighted by molar-refractivity contribution is 9.10. The number of ether oxygens (including phenoxy) is 2. The van der Waals surface area contributed by atoms with Crippen LogP contribution >= 0.6 is 27.3 Å². The Bertz CT molecular complexity index is 816. The van der Waals surface area contributed by atoms with Crippen molar-refractivity contribution < 1.29 is 9.47 Å². The molecule has 0 amide bonds. The number of benzene rings is 2. The molecule has 0 saturated carbocycles. The van der Waals surface area contributed by atoms with Gasteiger partial charge in [-0.3, -0.25) is 0 Å². The molecule has 3 nitrogen and oxygen atoms in total. The SMILES string of the molecule is COc1ccc(OCc2nc(-c3cccc(Br)c3)cs2)cc1C. The third-order valence-corrected chi connectivity index (χ3v) is 4.72. The molecule has 0 aliphatic rings. The van der Waals surface area contributed by atoms with Gasteiger partial charge in [0, 0.05) is 15.4 Å². The van der Waals surface area contributed by atoms with E-state index in [9.17, 15) is 0 Å². The van der Waals surface area contributed by atoms with Crippen molar-refractivity contribution in [3.8, 4) is 22.8 Å². The first-order valence-corrected chi connectivity index (χ1v) is 8.81. The summed E-state index contributed by atoms with van der Waals surface area (Å²) in [6.45, 7) is 2.46. The van der Waals surface area contributed by atoms with E-state index in [0.29, 0.717) is 6.61 Å². The molecule has 3 aromatic rings. The maximum Gasteiger partial charge on any atom is 0.140 e. The number of methoxy groups -OCH3 is 1. The van der Waals surface area contributed by atoms with Crippen LogP contribution < -0.4 is 9.47 Å². The summed E-state index contributed by atoms with van der Waals surface area (Å²) in [5, 5.41) is 3.01. The predicted octanol–water partition coefficient (Wildman–Crippen LogP) is 5.47. The Morgan fingerprint density at radius 1 is 1.17 bits per heavy atom. The van der Waals surface area contributed by atoms with Crippen molar-refractivity contribution in [1.29, 1.82) is 0 Å². The number of hydrogen-bond donors (Lipinski definition) is 0. The van der Waals surface area contributed by atoms with E-state index in [0.717, 1.165) is 37.8 Å². The molecule has 2 aromatic carbocycles. The van der Waals surface area contributed by atoms with E-state index in [-0.39, 0.29) is 0 Å². The minimum Gasteiger partial charge on any atom is -0.496 e. The molecule has 0 bridgehead atoms. The highest BCUT2D eigenvalue weighted by Crippen LogP contribution is 2.26. The summed E-state index contributed by atoms with van der Waals surface area (Å²) in [6, 6.07) is 13.9. The smallest absolute Gasteiger partial charge is 0.140 e. The summed E-state index contributed by atoms with van der Waals surface area (Å²) in [4.78, 5) is 4.64. The second-order valence-corrected chi connectivity index (χ2v) is 6.92. The van der Waals surface area contributed by atoms with Crippen molar-refractivity contribution in [2.24, 2.45) is 0 Å². The number of nitrogens with zero attached hydrogens (tertiary/aromatic N) is 1. The molecule has 0 radical (unpaired) electrons. The Hall–Kier alpha value is -1.85. The van der Waals surface area contributed by atoms with Crippen LogP contribution in [0.4, 0.5) is 0 Å². The lowest BCUT2D eigenvalue weighted by atomic mass is 10.2. The first kappa shape index (κ1) is 16.0. The van der Waals surface area contributed by atoms with Gasteiger partial charge < -0.3 is 9.47 Å². The minimum absolute atomic E-state index is 0.463. The van der Waals surface area contributed by atoms with Gasteiger partial charge in [0.1, 0.15) is 23.1 Å². The van der Waals surface area contributed by atoms with E-state index in [4.69, 9.17) is 9.47 Å². The molecule has 23 heavy (non-hydrogen) atoms. The molecule has 1 aromatic heterocycles. The van der Waals surface area contributed by atoms with Gasteiger partial charge in [-0.1, -0.05) is 28.1 Å². The third kappa shape index (κ3) is 3.92. The zero-order valence-corrected chi connectivity index (χ0v) is 15.3. The summed E-state index contributed by atoms with van der Waals surface area (Å²) >= 11 is 5.09. The highest BCUT2D eigenvalue weighted by Gasteiger charge is 2.07. The van der Waals surface area contributed by atoms with Crippen molar-refractivity contribution in [2.45, 2.75) is 13.5 Å². The number of aromatic nitrogens is 1. The number of rotatable bonds is 5. The summed E-state index contributed by atoms with van der Waals surface area (Å²) in [5.41, 5.74) is 3.13. The predicted molar refractivity (Wildman–Crippen MR) is 97.3 cm³/mol. The molecule has 118 valence electrons. The maximum absolute atomic E-state index is 5.83. The third-order valence-electron chi connectivity index (χ3n) is 3.40. The number of halogens is 1. The highest BCUT2D eigenvalue weighted by atomic mass is 79.9. The number of aryl methyl sites for hydroxylation is 1. The van der Waals surface area contributed by atoms with Gasteiger partial charge in [-0.05, 0) is 42.8 Å². The number of thiazole rings is 1. The fraction of sp³-hybridized carbons (Fsp3) is 0.167. The van der Waals surface area contributed by atoms with Crippen LogP contribution in [0.5, 0.6) is 11.5 Å². The first-order chi connectivity index (χ1) is 11.2. The van der Waals surface area contributed by atoms with Crippen molar-refractivity contribution in [2.75, 3.05) is 7.11 Å². The Morgan fingerprint density at radius 3 is 2.78 bits per heavy atom. The van der Waals surface area contributed by atoms with Crippen LogP contribution in [0, 0.1) is 6.92 Å². The molecular weight excluding hydrogens is 374 g/mol. The normalized spacial score (nSPS) is 10.6. The largest absolute Gasteiger partial charge is 0.496 e. The molecule has 1 heterocycles. The number of hydrogen-bond acceptors (Lipinski definition) is 4. The Labute approximate surface area is 148 Å². The lowest BCUT2D eigenvalue weighted by molar-refractivity contribution is 0.304. The molecule has 0 atom stereocenters. The lowest BCUT2D eigenvalue weighted by Crippen LogP contribution is -1.96. The summed E-state index contributed by atoms with van der Waals surface area (Å²) in [5.74, 6) is 1.69. The van der Waals surface area contributed by atoms with Crippen LogP contribution in [0.2, 0.25) is 0 Å². The summed E-state index contributed by atoms with van der Waals surface area (Å²) < 4.78 is 12.1. The summed E-state index contributed by atoms with van der Waals surface area (Å²) in [7, 11) is 1.67. The molecule has 0 unspecified atom stereocenters. The van der Waals surface area contributed by atoms with Crippen molar-refractivity contribution in [3.05, 3.63) is 62.9 Å². The van der Waals surface area contributed by atoms with Crippen LogP contribution in [0.25, 0.3) is 11.3 Å². The average Bonchev–Trinajstić information content (AvgIpc) is 3.02. The monoisotopic (exact) mass is 389 g/mol. The topological polar surface area (TPSA) is 31.4 Å². The Kier molecular flexibility index (Phi) is 4.98. The zero-order chi connectivity index (χ0) is 16.2. The van der Waals surface area contributed by atoms with Crippen molar-refractivity contribution in [1.82, 2.24) is 4.98 Å². The zero-order valence-electron chi connectivity index (χ0n) is 12.9. The van der Waals surface area contributed by atoms with Crippen molar-refractivity contribution >= 4 is 27.3 Å². The van der Waals surface area contributed by atoms with Gasteiger partial charge in [0.2, 0.25) is 0 Å². The van der Waals surface area contributed by atoms with E-state index in [1.54, 1.807) is 18.4 Å². The molecule has 0 aliphatic carbocycles. The van der Waals surface area contributed by atoms with Crippen LogP contribution in [0.3, 0.4) is 0 Å². The fourth-order valence-corrected chi connectivity index (χ4v) is 3.36. The van der Waals surface area contributed by atoms with Crippen LogP contribution in [-0.2, 0) is 6.61 Å².